The monoisotopic (exact) mass is 384 g/mol. The van der Waals surface area contributed by atoms with Crippen molar-refractivity contribution in [1.29, 1.82) is 0 Å². The predicted molar refractivity (Wildman–Crippen MR) is 100 cm³/mol. The first kappa shape index (κ1) is 18.7. The second-order valence-electron chi connectivity index (χ2n) is 8.12. The molecule has 148 valence electrons. The van der Waals surface area contributed by atoms with Gasteiger partial charge in [0.05, 0.1) is 11.8 Å². The number of rotatable bonds is 5. The van der Waals surface area contributed by atoms with E-state index in [-0.39, 0.29) is 35.5 Å². The van der Waals surface area contributed by atoms with Crippen molar-refractivity contribution in [2.24, 2.45) is 23.7 Å². The number of aryl methyl sites for hydroxylation is 2. The standard InChI is InChI=1S/C21H24N2O5/c1-11-4-3-5-12(2)19(11)22-15(24)10-28-16(25)9-23-20(26)17-13-6-7-14(8-13)18(17)21(23)27/h3-5,13-14,17-18H,6-10H2,1-2H3,(H,22,24)/t13-,14-,17-,18+/m0/s1. The van der Waals surface area contributed by atoms with Crippen LogP contribution in [-0.4, -0.2) is 41.7 Å². The molecular weight excluding hydrogens is 360 g/mol. The number of ether oxygens (including phenoxy) is 1. The Morgan fingerprint density at radius 2 is 1.64 bits per heavy atom. The van der Waals surface area contributed by atoms with Crippen LogP contribution in [0.3, 0.4) is 0 Å². The molecule has 7 nitrogen and oxygen atoms in total. The maximum atomic E-state index is 12.6. The van der Waals surface area contributed by atoms with Crippen LogP contribution in [0.25, 0.3) is 0 Å². The van der Waals surface area contributed by atoms with E-state index in [4.69, 9.17) is 4.74 Å². The minimum Gasteiger partial charge on any atom is -0.454 e. The molecule has 1 N–H and O–H groups in total. The van der Waals surface area contributed by atoms with Gasteiger partial charge in [-0.3, -0.25) is 24.1 Å². The summed E-state index contributed by atoms with van der Waals surface area (Å²) in [6.07, 6.45) is 2.92. The van der Waals surface area contributed by atoms with Crippen LogP contribution in [-0.2, 0) is 23.9 Å². The summed E-state index contributed by atoms with van der Waals surface area (Å²) >= 11 is 0. The maximum Gasteiger partial charge on any atom is 0.326 e. The van der Waals surface area contributed by atoms with Crippen LogP contribution in [0.15, 0.2) is 18.2 Å². The van der Waals surface area contributed by atoms with E-state index in [9.17, 15) is 19.2 Å². The number of anilines is 1. The summed E-state index contributed by atoms with van der Waals surface area (Å²) in [6.45, 7) is 2.88. The molecule has 3 amide bonds. The smallest absolute Gasteiger partial charge is 0.326 e. The van der Waals surface area contributed by atoms with Crippen molar-refractivity contribution in [2.75, 3.05) is 18.5 Å². The van der Waals surface area contributed by atoms with Gasteiger partial charge in [0.2, 0.25) is 11.8 Å². The van der Waals surface area contributed by atoms with Crippen LogP contribution in [0.1, 0.15) is 30.4 Å². The Bertz CT molecular complexity index is 816. The van der Waals surface area contributed by atoms with Crippen molar-refractivity contribution in [3.8, 4) is 0 Å². The van der Waals surface area contributed by atoms with Gasteiger partial charge in [-0.1, -0.05) is 18.2 Å². The summed E-state index contributed by atoms with van der Waals surface area (Å²) < 4.78 is 5.01. The van der Waals surface area contributed by atoms with E-state index in [1.165, 1.54) is 0 Å². The minimum atomic E-state index is -0.745. The molecule has 1 aliphatic heterocycles. The molecule has 4 atom stereocenters. The number of likely N-dealkylation sites (tertiary alicyclic amines) is 1. The second kappa shape index (κ2) is 7.04. The molecule has 2 aliphatic carbocycles. The number of esters is 1. The van der Waals surface area contributed by atoms with Crippen molar-refractivity contribution in [3.05, 3.63) is 29.3 Å². The van der Waals surface area contributed by atoms with Gasteiger partial charge >= 0.3 is 5.97 Å². The zero-order valence-electron chi connectivity index (χ0n) is 16.1. The molecule has 0 spiro atoms. The fourth-order valence-corrected chi connectivity index (χ4v) is 5.13. The first-order valence-corrected chi connectivity index (χ1v) is 9.73. The van der Waals surface area contributed by atoms with Crippen LogP contribution in [0.4, 0.5) is 5.69 Å². The van der Waals surface area contributed by atoms with Crippen LogP contribution in [0.5, 0.6) is 0 Å². The lowest BCUT2D eigenvalue weighted by molar-refractivity contribution is -0.154. The van der Waals surface area contributed by atoms with E-state index in [1.807, 2.05) is 32.0 Å². The average molecular weight is 384 g/mol. The van der Waals surface area contributed by atoms with Gasteiger partial charge in [0.15, 0.2) is 6.61 Å². The van der Waals surface area contributed by atoms with Gasteiger partial charge < -0.3 is 10.1 Å². The number of hydrogen-bond donors (Lipinski definition) is 1. The number of carbonyl (C=O) groups is 4. The molecule has 0 radical (unpaired) electrons. The summed E-state index contributed by atoms with van der Waals surface area (Å²) in [7, 11) is 0. The number of carbonyl (C=O) groups excluding carboxylic acids is 4. The molecule has 28 heavy (non-hydrogen) atoms. The van der Waals surface area contributed by atoms with E-state index >= 15 is 0 Å². The van der Waals surface area contributed by atoms with E-state index < -0.39 is 25.0 Å². The molecule has 0 unspecified atom stereocenters. The summed E-state index contributed by atoms with van der Waals surface area (Å²) in [6, 6.07) is 5.65. The number of nitrogens with one attached hydrogen (secondary N) is 1. The van der Waals surface area contributed by atoms with Gasteiger partial charge in [0.1, 0.15) is 6.54 Å². The summed E-state index contributed by atoms with van der Waals surface area (Å²) in [5.41, 5.74) is 2.51. The number of fused-ring (bicyclic) bond motifs is 5. The fourth-order valence-electron chi connectivity index (χ4n) is 5.13. The summed E-state index contributed by atoms with van der Waals surface area (Å²) in [5, 5.41) is 2.73. The number of para-hydroxylation sites is 1. The van der Waals surface area contributed by atoms with Crippen LogP contribution in [0, 0.1) is 37.5 Å². The quantitative estimate of drug-likeness (QED) is 0.617. The molecule has 3 fully saturated rings. The van der Waals surface area contributed by atoms with Gasteiger partial charge in [-0.05, 0) is 56.1 Å². The number of benzene rings is 1. The van der Waals surface area contributed by atoms with Gasteiger partial charge in [0, 0.05) is 5.69 Å². The van der Waals surface area contributed by atoms with E-state index in [1.54, 1.807) is 0 Å². The fraction of sp³-hybridized carbons (Fsp3) is 0.524. The molecule has 7 heteroatoms. The Hall–Kier alpha value is -2.70. The SMILES string of the molecule is Cc1cccc(C)c1NC(=O)COC(=O)CN1C(=O)[C@@H]2[C@H]3CC[C@@H](C3)[C@@H]2C1=O. The van der Waals surface area contributed by atoms with Gasteiger partial charge in [-0.2, -0.15) is 0 Å². The topological polar surface area (TPSA) is 92.8 Å². The highest BCUT2D eigenvalue weighted by molar-refractivity contribution is 6.08. The molecule has 1 aromatic carbocycles. The largest absolute Gasteiger partial charge is 0.454 e. The van der Waals surface area contributed by atoms with Crippen molar-refractivity contribution in [1.82, 2.24) is 4.90 Å². The van der Waals surface area contributed by atoms with Crippen LogP contribution >= 0.6 is 0 Å². The third-order valence-electron chi connectivity index (χ3n) is 6.42. The lowest BCUT2D eigenvalue weighted by Crippen LogP contribution is -2.38. The second-order valence-corrected chi connectivity index (χ2v) is 8.12. The predicted octanol–water partition coefficient (Wildman–Crippen LogP) is 1.82. The number of nitrogens with zero attached hydrogens (tertiary/aromatic N) is 1. The van der Waals surface area contributed by atoms with Gasteiger partial charge in [-0.15, -0.1) is 0 Å². The number of hydrogen-bond acceptors (Lipinski definition) is 5. The molecular formula is C21H24N2O5. The lowest BCUT2D eigenvalue weighted by Gasteiger charge is -2.19. The first-order chi connectivity index (χ1) is 13.4. The third kappa shape index (κ3) is 3.08. The Balaban J connectivity index is 1.31. The van der Waals surface area contributed by atoms with Gasteiger partial charge in [-0.25, -0.2) is 0 Å². The molecule has 1 aromatic rings. The lowest BCUT2D eigenvalue weighted by atomic mass is 9.81. The van der Waals surface area contributed by atoms with Crippen molar-refractivity contribution >= 4 is 29.4 Å². The molecule has 2 saturated carbocycles. The van der Waals surface area contributed by atoms with E-state index in [2.05, 4.69) is 5.32 Å². The summed E-state index contributed by atoms with van der Waals surface area (Å²) in [5.74, 6) is -1.67. The highest BCUT2D eigenvalue weighted by Gasteiger charge is 2.61. The Kier molecular flexibility index (Phi) is 4.69. The van der Waals surface area contributed by atoms with Gasteiger partial charge in [0.25, 0.3) is 5.91 Å². The van der Waals surface area contributed by atoms with Crippen LogP contribution in [0.2, 0.25) is 0 Å². The zero-order valence-corrected chi connectivity index (χ0v) is 16.1. The molecule has 1 saturated heterocycles. The molecule has 1 heterocycles. The van der Waals surface area contributed by atoms with Crippen LogP contribution < -0.4 is 5.32 Å². The Morgan fingerprint density at radius 1 is 1.07 bits per heavy atom. The molecule has 2 bridgehead atoms. The van der Waals surface area contributed by atoms with Crippen molar-refractivity contribution in [3.63, 3.8) is 0 Å². The third-order valence-corrected chi connectivity index (χ3v) is 6.42. The Morgan fingerprint density at radius 3 is 2.21 bits per heavy atom. The molecule has 3 aliphatic rings. The normalized spacial score (nSPS) is 27.9. The molecule has 0 aromatic heterocycles. The highest BCUT2D eigenvalue weighted by Crippen LogP contribution is 2.56. The minimum absolute atomic E-state index is 0.251. The van der Waals surface area contributed by atoms with Crippen molar-refractivity contribution < 1.29 is 23.9 Å². The van der Waals surface area contributed by atoms with E-state index in [0.717, 1.165) is 35.3 Å². The van der Waals surface area contributed by atoms with E-state index in [0.29, 0.717) is 5.69 Å². The number of amides is 3. The Labute approximate surface area is 163 Å². The summed E-state index contributed by atoms with van der Waals surface area (Å²) in [4.78, 5) is 50.5. The maximum absolute atomic E-state index is 12.6. The molecule has 4 rings (SSSR count). The average Bonchev–Trinajstić information content (AvgIpc) is 3.33. The zero-order chi connectivity index (χ0) is 20.0. The highest BCUT2D eigenvalue weighted by atomic mass is 16.5. The number of imide groups is 1. The first-order valence-electron chi connectivity index (χ1n) is 9.73. The van der Waals surface area contributed by atoms with Crippen molar-refractivity contribution in [2.45, 2.75) is 33.1 Å².